The lowest BCUT2D eigenvalue weighted by Crippen LogP contribution is -2.30. The topological polar surface area (TPSA) is 56.2 Å². The third-order valence-corrected chi connectivity index (χ3v) is 4.22. The van der Waals surface area contributed by atoms with Crippen LogP contribution < -0.4 is 10.1 Å². The van der Waals surface area contributed by atoms with Crippen molar-refractivity contribution >= 4 is 16.9 Å². The summed E-state index contributed by atoms with van der Waals surface area (Å²) >= 11 is 0. The van der Waals surface area contributed by atoms with Crippen molar-refractivity contribution in [3.63, 3.8) is 0 Å². The number of hydrogen-bond donors (Lipinski definition) is 1. The second kappa shape index (κ2) is 7.75. The normalized spacial score (nSPS) is 11.7. The highest BCUT2D eigenvalue weighted by Gasteiger charge is 2.18. The van der Waals surface area contributed by atoms with Crippen LogP contribution in [0.4, 0.5) is 0 Å². The lowest BCUT2D eigenvalue weighted by atomic mass is 10.1. The number of carbonyl (C=O) groups excluding carboxylic acids is 1. The van der Waals surface area contributed by atoms with Crippen LogP contribution in [-0.4, -0.2) is 22.6 Å². The Bertz CT molecular complexity index is 952. The van der Waals surface area contributed by atoms with Crippen LogP contribution >= 0.6 is 0 Å². The Morgan fingerprint density at radius 1 is 1.27 bits per heavy atom. The molecule has 3 rings (SSSR count). The lowest BCUT2D eigenvalue weighted by molar-refractivity contribution is -0.121. The standard InChI is InChI=1S/C21H21N3O2/c1-4-13-24-19-8-6-5-7-18(19)23-21(24)15(2)22-20(25)14-16-9-11-17(26-3)12-10-16/h1,5-12,15H,13-14H2,2-3H3,(H,22,25). The molecule has 3 aromatic rings. The zero-order valence-electron chi connectivity index (χ0n) is 14.9. The van der Waals surface area contributed by atoms with Gasteiger partial charge in [-0.2, -0.15) is 0 Å². The number of fused-ring (bicyclic) bond motifs is 1. The maximum Gasteiger partial charge on any atom is 0.224 e. The Kier molecular flexibility index (Phi) is 5.23. The molecular weight excluding hydrogens is 326 g/mol. The van der Waals surface area contributed by atoms with Gasteiger partial charge in [0.15, 0.2) is 0 Å². The summed E-state index contributed by atoms with van der Waals surface area (Å²) in [5.41, 5.74) is 2.76. The maximum absolute atomic E-state index is 12.4. The van der Waals surface area contributed by atoms with E-state index < -0.39 is 0 Å². The third kappa shape index (κ3) is 3.70. The van der Waals surface area contributed by atoms with Gasteiger partial charge in [0.2, 0.25) is 5.91 Å². The van der Waals surface area contributed by atoms with Crippen molar-refractivity contribution in [1.82, 2.24) is 14.9 Å². The average molecular weight is 347 g/mol. The molecule has 1 atom stereocenters. The molecule has 132 valence electrons. The minimum Gasteiger partial charge on any atom is -0.497 e. The molecule has 0 fully saturated rings. The molecule has 1 amide bonds. The third-order valence-electron chi connectivity index (χ3n) is 4.22. The van der Waals surface area contributed by atoms with Gasteiger partial charge in [-0.25, -0.2) is 4.98 Å². The number of rotatable bonds is 6. The molecule has 0 aliphatic carbocycles. The van der Waals surface area contributed by atoms with Crippen molar-refractivity contribution in [3.05, 3.63) is 59.9 Å². The summed E-state index contributed by atoms with van der Waals surface area (Å²) in [4.78, 5) is 17.1. The first kappa shape index (κ1) is 17.6. The monoisotopic (exact) mass is 347 g/mol. The molecule has 2 aromatic carbocycles. The number of hydrogen-bond acceptors (Lipinski definition) is 3. The van der Waals surface area contributed by atoms with Crippen LogP contribution in [0.15, 0.2) is 48.5 Å². The van der Waals surface area contributed by atoms with Gasteiger partial charge in [-0.1, -0.05) is 30.2 Å². The van der Waals surface area contributed by atoms with Crippen molar-refractivity contribution in [2.75, 3.05) is 7.11 Å². The maximum atomic E-state index is 12.4. The van der Waals surface area contributed by atoms with Gasteiger partial charge >= 0.3 is 0 Å². The molecule has 1 aromatic heterocycles. The Hall–Kier alpha value is -3.26. The predicted molar refractivity (Wildman–Crippen MR) is 102 cm³/mol. The Balaban J connectivity index is 1.75. The number of amides is 1. The van der Waals surface area contributed by atoms with Crippen LogP contribution in [0.2, 0.25) is 0 Å². The Morgan fingerprint density at radius 2 is 2.00 bits per heavy atom. The molecule has 0 aliphatic rings. The molecule has 0 radical (unpaired) electrons. The largest absolute Gasteiger partial charge is 0.497 e. The summed E-state index contributed by atoms with van der Waals surface area (Å²) in [5.74, 6) is 4.12. The van der Waals surface area contributed by atoms with E-state index in [0.717, 1.165) is 28.2 Å². The molecule has 5 heteroatoms. The summed E-state index contributed by atoms with van der Waals surface area (Å²) in [6.45, 7) is 2.33. The van der Waals surface area contributed by atoms with Crippen LogP contribution in [0.3, 0.4) is 0 Å². The van der Waals surface area contributed by atoms with Gasteiger partial charge in [-0.05, 0) is 36.8 Å². The van der Waals surface area contributed by atoms with Gasteiger partial charge in [-0.15, -0.1) is 6.42 Å². The van der Waals surface area contributed by atoms with E-state index in [1.807, 2.05) is 60.0 Å². The van der Waals surface area contributed by atoms with E-state index in [2.05, 4.69) is 16.2 Å². The zero-order chi connectivity index (χ0) is 18.5. The van der Waals surface area contributed by atoms with Gasteiger partial charge < -0.3 is 14.6 Å². The highest BCUT2D eigenvalue weighted by atomic mass is 16.5. The summed E-state index contributed by atoms with van der Waals surface area (Å²) in [6, 6.07) is 15.0. The summed E-state index contributed by atoms with van der Waals surface area (Å²) in [7, 11) is 1.62. The van der Waals surface area contributed by atoms with Gasteiger partial charge in [0.05, 0.1) is 37.2 Å². The lowest BCUT2D eigenvalue weighted by Gasteiger charge is -2.15. The quantitative estimate of drug-likeness (QED) is 0.697. The van der Waals surface area contributed by atoms with Gasteiger partial charge in [0.1, 0.15) is 11.6 Å². The van der Waals surface area contributed by atoms with Crippen LogP contribution in [0, 0.1) is 12.3 Å². The minimum absolute atomic E-state index is 0.0676. The number of para-hydroxylation sites is 2. The molecule has 26 heavy (non-hydrogen) atoms. The van der Waals surface area contributed by atoms with Crippen molar-refractivity contribution in [2.24, 2.45) is 0 Å². The second-order valence-corrected chi connectivity index (χ2v) is 6.06. The van der Waals surface area contributed by atoms with E-state index in [1.165, 1.54) is 0 Å². The molecule has 0 bridgehead atoms. The molecule has 0 aliphatic heterocycles. The van der Waals surface area contributed by atoms with Crippen LogP contribution in [-0.2, 0) is 17.8 Å². The number of ether oxygens (including phenoxy) is 1. The van der Waals surface area contributed by atoms with Crippen molar-refractivity contribution in [3.8, 4) is 18.1 Å². The van der Waals surface area contributed by atoms with E-state index in [0.29, 0.717) is 13.0 Å². The number of nitrogens with zero attached hydrogens (tertiary/aromatic N) is 2. The predicted octanol–water partition coefficient (Wildman–Crippen LogP) is 3.10. The van der Waals surface area contributed by atoms with Crippen LogP contribution in [0.25, 0.3) is 11.0 Å². The summed E-state index contributed by atoms with van der Waals surface area (Å²) in [5, 5.41) is 3.01. The zero-order valence-corrected chi connectivity index (χ0v) is 14.9. The number of aromatic nitrogens is 2. The van der Waals surface area contributed by atoms with E-state index in [1.54, 1.807) is 7.11 Å². The van der Waals surface area contributed by atoms with E-state index in [9.17, 15) is 4.79 Å². The molecule has 1 heterocycles. The molecule has 0 saturated heterocycles. The first-order chi connectivity index (χ1) is 12.6. The van der Waals surface area contributed by atoms with Crippen LogP contribution in [0.1, 0.15) is 24.4 Å². The minimum atomic E-state index is -0.249. The fraction of sp³-hybridized carbons (Fsp3) is 0.238. The Morgan fingerprint density at radius 3 is 2.69 bits per heavy atom. The number of imidazole rings is 1. The molecule has 1 N–H and O–H groups in total. The average Bonchev–Trinajstić information content (AvgIpc) is 3.01. The van der Waals surface area contributed by atoms with Gasteiger partial charge in [0, 0.05) is 0 Å². The smallest absolute Gasteiger partial charge is 0.224 e. The van der Waals surface area contributed by atoms with E-state index in [4.69, 9.17) is 11.2 Å². The number of benzene rings is 2. The fourth-order valence-corrected chi connectivity index (χ4v) is 2.97. The highest BCUT2D eigenvalue weighted by molar-refractivity contribution is 5.79. The van der Waals surface area contributed by atoms with Crippen LogP contribution in [0.5, 0.6) is 5.75 Å². The molecule has 0 spiro atoms. The molecular formula is C21H21N3O2. The van der Waals surface area contributed by atoms with E-state index >= 15 is 0 Å². The SMILES string of the molecule is C#CCn1c(C(C)NC(=O)Cc2ccc(OC)cc2)nc2ccccc21. The molecule has 0 saturated carbocycles. The van der Waals surface area contributed by atoms with E-state index in [-0.39, 0.29) is 11.9 Å². The van der Waals surface area contributed by atoms with Crippen molar-refractivity contribution in [2.45, 2.75) is 25.9 Å². The number of methoxy groups -OCH3 is 1. The summed E-state index contributed by atoms with van der Waals surface area (Å²) in [6.07, 6.45) is 5.81. The highest BCUT2D eigenvalue weighted by Crippen LogP contribution is 2.21. The first-order valence-electron chi connectivity index (χ1n) is 8.43. The number of terminal acetylenes is 1. The number of carbonyl (C=O) groups is 1. The molecule has 5 nitrogen and oxygen atoms in total. The van der Waals surface area contributed by atoms with Gasteiger partial charge in [-0.3, -0.25) is 4.79 Å². The number of nitrogens with one attached hydrogen (secondary N) is 1. The summed E-state index contributed by atoms with van der Waals surface area (Å²) < 4.78 is 7.10. The van der Waals surface area contributed by atoms with Crippen molar-refractivity contribution < 1.29 is 9.53 Å². The fourth-order valence-electron chi connectivity index (χ4n) is 2.97. The van der Waals surface area contributed by atoms with Gasteiger partial charge in [0.25, 0.3) is 0 Å². The molecule has 1 unspecified atom stereocenters. The van der Waals surface area contributed by atoms with Crippen molar-refractivity contribution in [1.29, 1.82) is 0 Å². The Labute approximate surface area is 153 Å². The first-order valence-corrected chi connectivity index (χ1v) is 8.43. The second-order valence-electron chi connectivity index (χ2n) is 6.06.